The normalized spacial score (nSPS) is 17.0. The molecule has 2 aromatic rings. The van der Waals surface area contributed by atoms with Crippen molar-refractivity contribution < 1.29 is 9.53 Å². The van der Waals surface area contributed by atoms with Crippen molar-refractivity contribution in [3.05, 3.63) is 47.2 Å². The SMILES string of the molecule is O=C(Nc1ccccc1Cl)c1ccnc(NCC2CCCO2)n1. The number of carbonyl (C=O) groups is 1. The summed E-state index contributed by atoms with van der Waals surface area (Å²) in [5.41, 5.74) is 0.821. The second-order valence-electron chi connectivity index (χ2n) is 5.22. The molecule has 1 aromatic carbocycles. The second kappa shape index (κ2) is 7.39. The summed E-state index contributed by atoms with van der Waals surface area (Å²) < 4.78 is 5.53. The predicted octanol–water partition coefficient (Wildman–Crippen LogP) is 2.97. The van der Waals surface area contributed by atoms with E-state index in [2.05, 4.69) is 20.6 Å². The van der Waals surface area contributed by atoms with Crippen LogP contribution in [0, 0.1) is 0 Å². The number of anilines is 2. The number of benzene rings is 1. The van der Waals surface area contributed by atoms with Crippen LogP contribution in [-0.4, -0.2) is 35.1 Å². The lowest BCUT2D eigenvalue weighted by molar-refractivity contribution is 0.102. The zero-order valence-electron chi connectivity index (χ0n) is 12.5. The molecule has 0 bridgehead atoms. The van der Waals surface area contributed by atoms with Gasteiger partial charge >= 0.3 is 0 Å². The van der Waals surface area contributed by atoms with Gasteiger partial charge in [-0.3, -0.25) is 4.79 Å². The third kappa shape index (κ3) is 4.18. The number of ether oxygens (including phenoxy) is 1. The van der Waals surface area contributed by atoms with Crippen LogP contribution in [0.4, 0.5) is 11.6 Å². The highest BCUT2D eigenvalue weighted by Crippen LogP contribution is 2.21. The van der Waals surface area contributed by atoms with Crippen LogP contribution in [0.15, 0.2) is 36.5 Å². The van der Waals surface area contributed by atoms with Crippen LogP contribution in [0.5, 0.6) is 0 Å². The Morgan fingerprint density at radius 3 is 3.00 bits per heavy atom. The summed E-state index contributed by atoms with van der Waals surface area (Å²) >= 11 is 6.04. The number of halogens is 1. The van der Waals surface area contributed by atoms with E-state index in [0.29, 0.717) is 23.2 Å². The fourth-order valence-corrected chi connectivity index (χ4v) is 2.51. The van der Waals surface area contributed by atoms with E-state index in [4.69, 9.17) is 16.3 Å². The lowest BCUT2D eigenvalue weighted by atomic mass is 10.2. The van der Waals surface area contributed by atoms with Gasteiger partial charge in [-0.1, -0.05) is 23.7 Å². The number of aromatic nitrogens is 2. The Labute approximate surface area is 139 Å². The van der Waals surface area contributed by atoms with Crippen molar-refractivity contribution in [3.8, 4) is 0 Å². The minimum absolute atomic E-state index is 0.180. The molecule has 2 N–H and O–H groups in total. The van der Waals surface area contributed by atoms with E-state index in [1.165, 1.54) is 0 Å². The molecule has 23 heavy (non-hydrogen) atoms. The largest absolute Gasteiger partial charge is 0.376 e. The average Bonchev–Trinajstić information content (AvgIpc) is 3.09. The fraction of sp³-hybridized carbons (Fsp3) is 0.312. The van der Waals surface area contributed by atoms with Crippen molar-refractivity contribution in [3.63, 3.8) is 0 Å². The van der Waals surface area contributed by atoms with Gasteiger partial charge in [0.15, 0.2) is 0 Å². The van der Waals surface area contributed by atoms with Gasteiger partial charge < -0.3 is 15.4 Å². The number of hydrogen-bond donors (Lipinski definition) is 2. The molecule has 1 aliphatic rings. The molecular formula is C16H17ClN4O2. The molecule has 120 valence electrons. The van der Waals surface area contributed by atoms with E-state index in [1.807, 2.05) is 0 Å². The molecule has 0 radical (unpaired) electrons. The first-order chi connectivity index (χ1) is 11.2. The maximum Gasteiger partial charge on any atom is 0.274 e. The minimum Gasteiger partial charge on any atom is -0.376 e. The van der Waals surface area contributed by atoms with Crippen LogP contribution in [-0.2, 0) is 4.74 Å². The predicted molar refractivity (Wildman–Crippen MR) is 88.9 cm³/mol. The molecule has 1 fully saturated rings. The van der Waals surface area contributed by atoms with Crippen LogP contribution >= 0.6 is 11.6 Å². The summed E-state index contributed by atoms with van der Waals surface area (Å²) in [6.45, 7) is 1.43. The summed E-state index contributed by atoms with van der Waals surface area (Å²) in [7, 11) is 0. The number of amides is 1. The van der Waals surface area contributed by atoms with E-state index < -0.39 is 0 Å². The Kier molecular flexibility index (Phi) is 5.05. The number of rotatable bonds is 5. The monoisotopic (exact) mass is 332 g/mol. The number of carbonyl (C=O) groups excluding carboxylic acids is 1. The highest BCUT2D eigenvalue weighted by Gasteiger charge is 2.16. The average molecular weight is 333 g/mol. The number of nitrogens with one attached hydrogen (secondary N) is 2. The molecule has 6 nitrogen and oxygen atoms in total. The first kappa shape index (κ1) is 15.7. The number of hydrogen-bond acceptors (Lipinski definition) is 5. The molecule has 1 atom stereocenters. The van der Waals surface area contributed by atoms with Gasteiger partial charge in [0, 0.05) is 19.3 Å². The summed E-state index contributed by atoms with van der Waals surface area (Å²) in [5.74, 6) is 0.0768. The molecule has 0 spiro atoms. The topological polar surface area (TPSA) is 76.1 Å². The van der Waals surface area contributed by atoms with Crippen LogP contribution in [0.1, 0.15) is 23.3 Å². The zero-order valence-corrected chi connectivity index (χ0v) is 13.2. The van der Waals surface area contributed by atoms with Gasteiger partial charge in [-0.15, -0.1) is 0 Å². The van der Waals surface area contributed by atoms with E-state index in [0.717, 1.165) is 19.4 Å². The second-order valence-corrected chi connectivity index (χ2v) is 5.62. The van der Waals surface area contributed by atoms with Gasteiger partial charge in [-0.25, -0.2) is 9.97 Å². The van der Waals surface area contributed by atoms with Gasteiger partial charge in [0.2, 0.25) is 5.95 Å². The summed E-state index contributed by atoms with van der Waals surface area (Å²) in [4.78, 5) is 20.6. The molecule has 1 saturated heterocycles. The summed E-state index contributed by atoms with van der Waals surface area (Å²) in [6.07, 6.45) is 3.83. The first-order valence-corrected chi connectivity index (χ1v) is 7.84. The first-order valence-electron chi connectivity index (χ1n) is 7.47. The van der Waals surface area contributed by atoms with Crippen LogP contribution in [0.25, 0.3) is 0 Å². The van der Waals surface area contributed by atoms with Crippen molar-refractivity contribution in [1.29, 1.82) is 0 Å². The minimum atomic E-state index is -0.333. The lowest BCUT2D eigenvalue weighted by Crippen LogP contribution is -2.21. The van der Waals surface area contributed by atoms with Gasteiger partial charge in [-0.2, -0.15) is 0 Å². The number of nitrogens with zero attached hydrogens (tertiary/aromatic N) is 2. The molecule has 1 aromatic heterocycles. The van der Waals surface area contributed by atoms with Crippen LogP contribution in [0.2, 0.25) is 5.02 Å². The van der Waals surface area contributed by atoms with Crippen molar-refractivity contribution >= 4 is 29.1 Å². The maximum atomic E-state index is 12.3. The van der Waals surface area contributed by atoms with Gasteiger partial charge in [0.05, 0.1) is 16.8 Å². The van der Waals surface area contributed by atoms with Crippen molar-refractivity contribution in [1.82, 2.24) is 9.97 Å². The Bertz CT molecular complexity index is 689. The molecule has 1 unspecified atom stereocenters. The van der Waals surface area contributed by atoms with Gasteiger partial charge in [-0.05, 0) is 31.0 Å². The highest BCUT2D eigenvalue weighted by molar-refractivity contribution is 6.33. The number of para-hydroxylation sites is 1. The Hall–Kier alpha value is -2.18. The van der Waals surface area contributed by atoms with Crippen molar-refractivity contribution in [2.75, 3.05) is 23.8 Å². The lowest BCUT2D eigenvalue weighted by Gasteiger charge is -2.11. The van der Waals surface area contributed by atoms with E-state index >= 15 is 0 Å². The molecule has 7 heteroatoms. The summed E-state index contributed by atoms with van der Waals surface area (Å²) in [6, 6.07) is 8.61. The van der Waals surface area contributed by atoms with Gasteiger partial charge in [0.1, 0.15) is 5.69 Å². The van der Waals surface area contributed by atoms with E-state index in [9.17, 15) is 4.79 Å². The van der Waals surface area contributed by atoms with E-state index in [-0.39, 0.29) is 17.7 Å². The summed E-state index contributed by atoms with van der Waals surface area (Å²) in [5, 5.41) is 6.32. The quantitative estimate of drug-likeness (QED) is 0.880. The van der Waals surface area contributed by atoms with Crippen LogP contribution < -0.4 is 10.6 Å². The smallest absolute Gasteiger partial charge is 0.274 e. The Balaban J connectivity index is 1.64. The third-order valence-electron chi connectivity index (χ3n) is 3.52. The molecule has 1 amide bonds. The van der Waals surface area contributed by atoms with Crippen molar-refractivity contribution in [2.45, 2.75) is 18.9 Å². The molecular weight excluding hydrogens is 316 g/mol. The van der Waals surface area contributed by atoms with Crippen molar-refractivity contribution in [2.24, 2.45) is 0 Å². The fourth-order valence-electron chi connectivity index (χ4n) is 2.33. The standard InChI is InChI=1S/C16H17ClN4O2/c17-12-5-1-2-6-13(12)20-15(22)14-7-8-18-16(21-14)19-10-11-4-3-9-23-11/h1-2,5-8,11H,3-4,9-10H2,(H,20,22)(H,18,19,21). The Morgan fingerprint density at radius 2 is 2.22 bits per heavy atom. The highest BCUT2D eigenvalue weighted by atomic mass is 35.5. The maximum absolute atomic E-state index is 12.3. The van der Waals surface area contributed by atoms with Gasteiger partial charge in [0.25, 0.3) is 5.91 Å². The molecule has 0 saturated carbocycles. The molecule has 2 heterocycles. The zero-order chi connectivity index (χ0) is 16.1. The van der Waals surface area contributed by atoms with E-state index in [1.54, 1.807) is 36.5 Å². The molecule has 0 aliphatic carbocycles. The third-order valence-corrected chi connectivity index (χ3v) is 3.85. The van der Waals surface area contributed by atoms with Crippen LogP contribution in [0.3, 0.4) is 0 Å². The molecule has 1 aliphatic heterocycles. The Morgan fingerprint density at radius 1 is 1.35 bits per heavy atom. The molecule has 3 rings (SSSR count).